The summed E-state index contributed by atoms with van der Waals surface area (Å²) in [5.41, 5.74) is 1.16. The smallest absolute Gasteiger partial charge is 0.292 e. The summed E-state index contributed by atoms with van der Waals surface area (Å²) in [5.74, 6) is 0.815. The van der Waals surface area contributed by atoms with Crippen LogP contribution in [-0.4, -0.2) is 0 Å². The lowest BCUT2D eigenvalue weighted by molar-refractivity contribution is 0.483. The van der Waals surface area contributed by atoms with Crippen LogP contribution in [0, 0.1) is 46.1 Å². The molecule has 8 nitrogen and oxygen atoms in total. The quantitative estimate of drug-likeness (QED) is 0.576. The summed E-state index contributed by atoms with van der Waals surface area (Å²) < 4.78 is 19.0. The Hall–Kier alpha value is -4.66. The largest absolute Gasteiger partial charge is 0.388 e. The second kappa shape index (κ2) is 8.84. The first-order valence-corrected chi connectivity index (χ1v) is 6.90. The number of hydrogen-bond acceptors (Lipinski definition) is 8. The molecule has 0 unspecified atom stereocenters. The molecule has 0 atom stereocenters. The van der Waals surface area contributed by atoms with E-state index in [9.17, 15) is 0 Å². The van der Waals surface area contributed by atoms with Crippen molar-refractivity contribution in [2.24, 2.45) is 0 Å². The van der Waals surface area contributed by atoms with Crippen molar-refractivity contribution >= 4 is 12.2 Å². The van der Waals surface area contributed by atoms with E-state index in [0.717, 1.165) is 0 Å². The summed E-state index contributed by atoms with van der Waals surface area (Å²) in [6.07, 6.45) is 9.46. The van der Waals surface area contributed by atoms with E-state index in [1.54, 1.807) is 61.4 Å². The van der Waals surface area contributed by atoms with Gasteiger partial charge in [0.25, 0.3) is 25.0 Å². The van der Waals surface area contributed by atoms with Crippen LogP contribution < -0.4 is 18.9 Å². The van der Waals surface area contributed by atoms with Crippen LogP contribution in [0.2, 0.25) is 0 Å². The van der Waals surface area contributed by atoms with Gasteiger partial charge < -0.3 is 18.9 Å². The summed E-state index contributed by atoms with van der Waals surface area (Å²) in [6, 6.07) is 9.03. The zero-order valence-corrected chi connectivity index (χ0v) is 13.0. The Kier molecular flexibility index (Phi) is 6.01. The molecule has 0 saturated carbocycles. The molecule has 0 amide bonds. The van der Waals surface area contributed by atoms with Gasteiger partial charge in [-0.25, -0.2) is 0 Å². The van der Waals surface area contributed by atoms with Gasteiger partial charge in [-0.05, 0) is 35.4 Å². The Morgan fingerprint density at radius 2 is 0.769 bits per heavy atom. The van der Waals surface area contributed by atoms with Gasteiger partial charge in [-0.3, -0.25) is 0 Å². The minimum atomic E-state index is 0.204. The molecule has 0 radical (unpaired) electrons. The summed E-state index contributed by atoms with van der Waals surface area (Å²) in [6.45, 7) is 0. The maximum absolute atomic E-state index is 8.62. The van der Waals surface area contributed by atoms with Crippen LogP contribution in [0.15, 0.2) is 36.4 Å². The maximum atomic E-state index is 8.62. The van der Waals surface area contributed by atoms with E-state index in [-0.39, 0.29) is 23.0 Å². The second-order valence-electron chi connectivity index (χ2n) is 4.58. The molecule has 0 spiro atoms. The molecule has 0 N–H and O–H groups in total. The maximum Gasteiger partial charge on any atom is 0.292 e. The van der Waals surface area contributed by atoms with Crippen molar-refractivity contribution in [3.63, 3.8) is 0 Å². The number of benzene rings is 2. The third-order valence-corrected chi connectivity index (χ3v) is 2.93. The first kappa shape index (κ1) is 17.7. The highest BCUT2D eigenvalue weighted by atomic mass is 16.5. The third-order valence-electron chi connectivity index (χ3n) is 2.93. The van der Waals surface area contributed by atoms with Crippen molar-refractivity contribution in [1.29, 1.82) is 21.0 Å². The van der Waals surface area contributed by atoms with E-state index in [2.05, 4.69) is 0 Å². The van der Waals surface area contributed by atoms with Crippen LogP contribution in [0.3, 0.4) is 0 Å². The molecule has 0 aliphatic heterocycles. The fourth-order valence-corrected chi connectivity index (χ4v) is 2.02. The molecule has 0 aliphatic rings. The Bertz CT molecular complexity index is 854. The van der Waals surface area contributed by atoms with Gasteiger partial charge in [-0.1, -0.05) is 12.2 Å². The van der Waals surface area contributed by atoms with Crippen molar-refractivity contribution in [3.05, 3.63) is 47.5 Å². The van der Waals surface area contributed by atoms with Crippen molar-refractivity contribution in [2.45, 2.75) is 0 Å². The van der Waals surface area contributed by atoms with Crippen LogP contribution >= 0.6 is 0 Å². The van der Waals surface area contributed by atoms with Gasteiger partial charge in [-0.2, -0.15) is 0 Å². The molecule has 26 heavy (non-hydrogen) atoms. The molecule has 0 saturated heterocycles. The first-order chi connectivity index (χ1) is 12.7. The van der Waals surface area contributed by atoms with Gasteiger partial charge in [0.05, 0.1) is 0 Å². The van der Waals surface area contributed by atoms with E-state index in [1.165, 1.54) is 12.1 Å². The van der Waals surface area contributed by atoms with Crippen molar-refractivity contribution in [1.82, 2.24) is 0 Å². The SMILES string of the molecule is N#COc1cc(C=Cc2cc(OC#N)cc(OC#N)c2)cc(OC#N)c1. The van der Waals surface area contributed by atoms with Gasteiger partial charge in [0.1, 0.15) is 23.0 Å². The lowest BCUT2D eigenvalue weighted by Crippen LogP contribution is -1.88. The molecule has 8 heteroatoms. The predicted molar refractivity (Wildman–Crippen MR) is 86.8 cm³/mol. The summed E-state index contributed by atoms with van der Waals surface area (Å²) in [4.78, 5) is 0. The predicted octanol–water partition coefficient (Wildman–Crippen LogP) is 3.30. The molecular formula is C18H8N4O4. The van der Waals surface area contributed by atoms with Crippen LogP contribution in [0.4, 0.5) is 0 Å². The molecule has 0 fully saturated rings. The van der Waals surface area contributed by atoms with Gasteiger partial charge in [0.15, 0.2) is 0 Å². The number of hydrogen-bond donors (Lipinski definition) is 0. The monoisotopic (exact) mass is 344 g/mol. The van der Waals surface area contributed by atoms with Crippen LogP contribution in [0.1, 0.15) is 11.1 Å². The number of nitrogens with zero attached hydrogens (tertiary/aromatic N) is 4. The number of nitriles is 4. The molecule has 0 aromatic heterocycles. The molecule has 0 heterocycles. The van der Waals surface area contributed by atoms with Gasteiger partial charge in [0.2, 0.25) is 0 Å². The average Bonchev–Trinajstić information content (AvgIpc) is 2.61. The topological polar surface area (TPSA) is 132 Å². The molecule has 2 aromatic rings. The Morgan fingerprint density at radius 3 is 1.00 bits per heavy atom. The van der Waals surface area contributed by atoms with Gasteiger partial charge in [-0.15, -0.1) is 21.0 Å². The van der Waals surface area contributed by atoms with E-state index < -0.39 is 0 Å². The average molecular weight is 344 g/mol. The highest BCUT2D eigenvalue weighted by Gasteiger charge is 2.04. The van der Waals surface area contributed by atoms with Gasteiger partial charge >= 0.3 is 0 Å². The highest BCUT2D eigenvalue weighted by molar-refractivity contribution is 5.72. The van der Waals surface area contributed by atoms with Crippen LogP contribution in [-0.2, 0) is 0 Å². The third kappa shape index (κ3) is 4.93. The Labute approximate surface area is 148 Å². The number of rotatable bonds is 6. The van der Waals surface area contributed by atoms with E-state index in [1.807, 2.05) is 0 Å². The van der Waals surface area contributed by atoms with Gasteiger partial charge in [0, 0.05) is 12.1 Å². The standard InChI is InChI=1S/C18H8N4O4/c19-9-23-15-3-13(4-16(7-15)24-10-20)1-2-14-5-17(25-11-21)8-18(6-14)26-12-22/h1-8H. The Morgan fingerprint density at radius 1 is 0.500 bits per heavy atom. The minimum Gasteiger partial charge on any atom is -0.388 e. The lowest BCUT2D eigenvalue weighted by atomic mass is 10.1. The fraction of sp³-hybridized carbons (Fsp3) is 0. The molecule has 124 valence electrons. The lowest BCUT2D eigenvalue weighted by Gasteiger charge is -2.04. The molecule has 2 rings (SSSR count). The fourth-order valence-electron chi connectivity index (χ4n) is 2.02. The zero-order chi connectivity index (χ0) is 18.8. The van der Waals surface area contributed by atoms with Crippen molar-refractivity contribution < 1.29 is 18.9 Å². The highest BCUT2D eigenvalue weighted by Crippen LogP contribution is 2.27. The molecule has 0 bridgehead atoms. The normalized spacial score (nSPS) is 9.23. The molecule has 2 aromatic carbocycles. The van der Waals surface area contributed by atoms with E-state index in [4.69, 9.17) is 40.0 Å². The second-order valence-corrected chi connectivity index (χ2v) is 4.58. The van der Waals surface area contributed by atoms with E-state index in [0.29, 0.717) is 11.1 Å². The van der Waals surface area contributed by atoms with Crippen LogP contribution in [0.5, 0.6) is 23.0 Å². The molecular weight excluding hydrogens is 336 g/mol. The zero-order valence-electron chi connectivity index (χ0n) is 13.0. The number of ether oxygens (including phenoxy) is 4. The Balaban J connectivity index is 2.37. The van der Waals surface area contributed by atoms with Crippen molar-refractivity contribution in [2.75, 3.05) is 0 Å². The summed E-state index contributed by atoms with van der Waals surface area (Å²) in [7, 11) is 0. The molecule has 0 aliphatic carbocycles. The first-order valence-electron chi connectivity index (χ1n) is 6.90. The van der Waals surface area contributed by atoms with Crippen LogP contribution in [0.25, 0.3) is 12.2 Å². The van der Waals surface area contributed by atoms with Crippen molar-refractivity contribution in [3.8, 4) is 48.0 Å². The minimum absolute atomic E-state index is 0.204. The summed E-state index contributed by atoms with van der Waals surface area (Å²) >= 11 is 0. The van der Waals surface area contributed by atoms with E-state index >= 15 is 0 Å². The summed E-state index contributed by atoms with van der Waals surface area (Å²) in [5, 5.41) is 34.5.